The number of aryl methyl sites for hydroxylation is 1. The predicted molar refractivity (Wildman–Crippen MR) is 81.5 cm³/mol. The number of nitrogens with zero attached hydrogens (tertiary/aromatic N) is 1. The molecule has 0 saturated heterocycles. The Kier molecular flexibility index (Phi) is 6.24. The summed E-state index contributed by atoms with van der Waals surface area (Å²) in [4.78, 5) is 24.4. The molecule has 0 bridgehead atoms. The van der Waals surface area contributed by atoms with Crippen LogP contribution in [-0.2, 0) is 20.7 Å². The molecule has 1 N–H and O–H groups in total. The minimum absolute atomic E-state index is 0.137. The number of benzene rings is 1. The normalized spacial score (nSPS) is 11.1. The molecule has 0 aliphatic rings. The Morgan fingerprint density at radius 2 is 2.10 bits per heavy atom. The molecule has 0 radical (unpaired) electrons. The van der Waals surface area contributed by atoms with Crippen LogP contribution in [-0.4, -0.2) is 24.1 Å². The van der Waals surface area contributed by atoms with E-state index in [0.717, 1.165) is 10.5 Å². The summed E-state index contributed by atoms with van der Waals surface area (Å²) in [5.74, 6) is -0.784. The van der Waals surface area contributed by atoms with Gasteiger partial charge in [-0.15, -0.1) is 0 Å². The van der Waals surface area contributed by atoms with Crippen molar-refractivity contribution in [2.75, 3.05) is 11.5 Å². The maximum absolute atomic E-state index is 11.9. The molecule has 0 saturated carbocycles. The molecule has 0 atom stereocenters. The van der Waals surface area contributed by atoms with Gasteiger partial charge in [0, 0.05) is 5.02 Å². The quantitative estimate of drug-likeness (QED) is 0.379. The van der Waals surface area contributed by atoms with Crippen LogP contribution in [0.25, 0.3) is 0 Å². The van der Waals surface area contributed by atoms with Crippen molar-refractivity contribution in [1.29, 1.82) is 0 Å². The number of anilines is 1. The summed E-state index contributed by atoms with van der Waals surface area (Å²) in [5.41, 5.74) is 1.69. The molecule has 21 heavy (non-hydrogen) atoms. The minimum atomic E-state index is -0.784. The highest BCUT2D eigenvalue weighted by atomic mass is 35.5. The van der Waals surface area contributed by atoms with Gasteiger partial charge in [0.15, 0.2) is 5.70 Å². The number of hydrogen-bond acceptors (Lipinski definition) is 4. The molecule has 5 nitrogen and oxygen atoms in total. The Morgan fingerprint density at radius 3 is 2.57 bits per heavy atom. The van der Waals surface area contributed by atoms with Crippen LogP contribution in [0.3, 0.4) is 0 Å². The first-order chi connectivity index (χ1) is 10.0. The molecule has 114 valence electrons. The second kappa shape index (κ2) is 7.69. The van der Waals surface area contributed by atoms with Crippen molar-refractivity contribution in [2.45, 2.75) is 27.2 Å². The van der Waals surface area contributed by atoms with Crippen LogP contribution in [0.5, 0.6) is 0 Å². The lowest BCUT2D eigenvalue weighted by Crippen LogP contribution is -2.29. The van der Waals surface area contributed by atoms with E-state index in [1.165, 1.54) is 0 Å². The molecule has 0 heterocycles. The maximum atomic E-state index is 11.9. The molecule has 0 unspecified atom stereocenters. The Morgan fingerprint density at radius 1 is 1.43 bits per heavy atom. The van der Waals surface area contributed by atoms with E-state index in [1.54, 1.807) is 26.0 Å². The van der Waals surface area contributed by atoms with Gasteiger partial charge < -0.3 is 9.84 Å². The van der Waals surface area contributed by atoms with Crippen molar-refractivity contribution in [3.05, 3.63) is 40.2 Å². The zero-order valence-electron chi connectivity index (χ0n) is 12.2. The molecule has 0 aliphatic carbocycles. The van der Waals surface area contributed by atoms with Crippen LogP contribution >= 0.6 is 11.6 Å². The van der Waals surface area contributed by atoms with Crippen LogP contribution in [0.1, 0.15) is 25.0 Å². The lowest BCUT2D eigenvalue weighted by Gasteiger charge is -2.24. The molecule has 1 rings (SSSR count). The summed E-state index contributed by atoms with van der Waals surface area (Å²) in [6.07, 6.45) is 1.65. The van der Waals surface area contributed by atoms with Gasteiger partial charge in [-0.1, -0.05) is 24.6 Å². The number of hydrogen-bond donors (Lipinski definition) is 1. The van der Waals surface area contributed by atoms with Crippen molar-refractivity contribution in [1.82, 2.24) is 0 Å². The van der Waals surface area contributed by atoms with Crippen molar-refractivity contribution in [3.63, 3.8) is 0 Å². The van der Waals surface area contributed by atoms with E-state index in [4.69, 9.17) is 16.3 Å². The summed E-state index contributed by atoms with van der Waals surface area (Å²) in [7, 11) is 0. The van der Waals surface area contributed by atoms with E-state index in [1.807, 2.05) is 6.92 Å². The van der Waals surface area contributed by atoms with E-state index in [2.05, 4.69) is 0 Å². The van der Waals surface area contributed by atoms with E-state index in [-0.39, 0.29) is 12.3 Å². The standard InChI is InChI=1S/C15H18ClNO4/c1-4-11-6-7-12(16)10(3)14(11)17(9-19)13(8-18)15(20)21-5-2/h6-9,18H,4-5H2,1-3H3. The van der Waals surface area contributed by atoms with Crippen LogP contribution in [0.4, 0.5) is 5.69 Å². The molecule has 6 heteroatoms. The highest BCUT2D eigenvalue weighted by Crippen LogP contribution is 2.32. The lowest BCUT2D eigenvalue weighted by molar-refractivity contribution is -0.139. The average molecular weight is 312 g/mol. The second-order valence-corrected chi connectivity index (χ2v) is 4.65. The Balaban J connectivity index is 3.43. The highest BCUT2D eigenvalue weighted by molar-refractivity contribution is 6.32. The molecule has 0 aromatic heterocycles. The second-order valence-electron chi connectivity index (χ2n) is 4.24. The van der Waals surface area contributed by atoms with Gasteiger partial charge in [0.05, 0.1) is 12.3 Å². The fourth-order valence-electron chi connectivity index (χ4n) is 2.00. The van der Waals surface area contributed by atoms with E-state index >= 15 is 0 Å². The molecule has 0 spiro atoms. The minimum Gasteiger partial charge on any atom is -0.513 e. The highest BCUT2D eigenvalue weighted by Gasteiger charge is 2.24. The summed E-state index contributed by atoms with van der Waals surface area (Å²) in [5, 5.41) is 9.78. The van der Waals surface area contributed by atoms with Gasteiger partial charge in [-0.25, -0.2) is 4.79 Å². The van der Waals surface area contributed by atoms with E-state index < -0.39 is 5.97 Å². The fourth-order valence-corrected chi connectivity index (χ4v) is 2.15. The van der Waals surface area contributed by atoms with Crippen LogP contribution in [0.2, 0.25) is 5.02 Å². The molecular formula is C15H18ClNO4. The summed E-state index contributed by atoms with van der Waals surface area (Å²) < 4.78 is 4.84. The average Bonchev–Trinajstić information content (AvgIpc) is 2.48. The van der Waals surface area contributed by atoms with Crippen molar-refractivity contribution >= 4 is 29.7 Å². The first-order valence-electron chi connectivity index (χ1n) is 6.55. The topological polar surface area (TPSA) is 66.8 Å². The van der Waals surface area contributed by atoms with Gasteiger partial charge in [0.1, 0.15) is 6.26 Å². The number of ether oxygens (including phenoxy) is 1. The molecule has 1 amide bonds. The zero-order chi connectivity index (χ0) is 16.0. The Hall–Kier alpha value is -2.01. The van der Waals surface area contributed by atoms with Gasteiger partial charge in [-0.3, -0.25) is 9.69 Å². The molecular weight excluding hydrogens is 294 g/mol. The smallest absolute Gasteiger partial charge is 0.358 e. The van der Waals surface area contributed by atoms with Crippen LogP contribution in [0, 0.1) is 6.92 Å². The summed E-state index contributed by atoms with van der Waals surface area (Å²) >= 11 is 6.09. The van der Waals surface area contributed by atoms with Gasteiger partial charge in [-0.2, -0.15) is 0 Å². The zero-order valence-corrected chi connectivity index (χ0v) is 13.0. The number of aliphatic hydroxyl groups excluding tert-OH is 1. The third kappa shape index (κ3) is 3.55. The van der Waals surface area contributed by atoms with Crippen molar-refractivity contribution < 1.29 is 19.4 Å². The number of carbonyl (C=O) groups excluding carboxylic acids is 2. The molecule has 1 aromatic carbocycles. The number of halogens is 1. The van der Waals surface area contributed by atoms with E-state index in [0.29, 0.717) is 35.4 Å². The van der Waals surface area contributed by atoms with Crippen LogP contribution in [0.15, 0.2) is 24.1 Å². The largest absolute Gasteiger partial charge is 0.513 e. The van der Waals surface area contributed by atoms with Gasteiger partial charge in [0.2, 0.25) is 6.41 Å². The van der Waals surface area contributed by atoms with Gasteiger partial charge >= 0.3 is 5.97 Å². The molecule has 0 aliphatic heterocycles. The first-order valence-corrected chi connectivity index (χ1v) is 6.93. The fraction of sp³-hybridized carbons (Fsp3) is 0.333. The Bertz CT molecular complexity index is 569. The number of amides is 1. The summed E-state index contributed by atoms with van der Waals surface area (Å²) in [6.45, 7) is 5.44. The number of aliphatic hydroxyl groups is 1. The maximum Gasteiger partial charge on any atom is 0.358 e. The number of esters is 1. The Labute approximate surface area is 128 Å². The third-order valence-corrected chi connectivity index (χ3v) is 3.45. The first kappa shape index (κ1) is 17.0. The predicted octanol–water partition coefficient (Wildman–Crippen LogP) is 3.14. The molecule has 1 aromatic rings. The number of carbonyl (C=O) groups is 2. The van der Waals surface area contributed by atoms with Gasteiger partial charge in [-0.05, 0) is 37.5 Å². The SMILES string of the molecule is CCOC(=O)C(=CO)N(C=O)c1c(CC)ccc(Cl)c1C. The third-order valence-electron chi connectivity index (χ3n) is 3.04. The van der Waals surface area contributed by atoms with E-state index in [9.17, 15) is 14.7 Å². The van der Waals surface area contributed by atoms with Crippen LogP contribution < -0.4 is 4.90 Å². The monoisotopic (exact) mass is 311 g/mol. The number of rotatable bonds is 6. The van der Waals surface area contributed by atoms with Crippen molar-refractivity contribution in [2.24, 2.45) is 0 Å². The lowest BCUT2D eigenvalue weighted by atomic mass is 10.0. The van der Waals surface area contributed by atoms with Crippen molar-refractivity contribution in [3.8, 4) is 0 Å². The van der Waals surface area contributed by atoms with Gasteiger partial charge in [0.25, 0.3) is 0 Å². The summed E-state index contributed by atoms with van der Waals surface area (Å²) in [6, 6.07) is 3.51. The molecule has 0 fully saturated rings.